The number of hydrogen-bond donors (Lipinski definition) is 3. The molecule has 0 spiro atoms. The third-order valence-corrected chi connectivity index (χ3v) is 19.1. The number of phosphoric acid groups is 2. The Morgan fingerprint density at radius 3 is 0.826 bits per heavy atom. The van der Waals surface area contributed by atoms with Gasteiger partial charge in [-0.2, -0.15) is 0 Å². The van der Waals surface area contributed by atoms with E-state index < -0.39 is 97.5 Å². The van der Waals surface area contributed by atoms with Crippen LogP contribution >= 0.6 is 15.6 Å². The lowest BCUT2D eigenvalue weighted by molar-refractivity contribution is -0.161. The highest BCUT2D eigenvalue weighted by atomic mass is 31.2. The molecular weight excluding hydrogens is 1210 g/mol. The van der Waals surface area contributed by atoms with Crippen molar-refractivity contribution in [3.05, 3.63) is 0 Å². The first-order valence-corrected chi connectivity index (χ1v) is 40.9. The van der Waals surface area contributed by atoms with E-state index >= 15 is 0 Å². The molecule has 0 aromatic rings. The summed E-state index contributed by atoms with van der Waals surface area (Å²) < 4.78 is 68.3. The summed E-state index contributed by atoms with van der Waals surface area (Å²) in [5.74, 6) is 0.155. The van der Waals surface area contributed by atoms with Crippen molar-refractivity contribution in [3.8, 4) is 0 Å². The molecule has 0 aromatic carbocycles. The number of phosphoric ester groups is 2. The third kappa shape index (κ3) is 65.4. The molecule has 0 fully saturated rings. The molecular formula is C73H142O17P2. The average Bonchev–Trinajstić information content (AvgIpc) is 2.27. The van der Waals surface area contributed by atoms with E-state index in [0.29, 0.717) is 31.6 Å². The monoisotopic (exact) mass is 1350 g/mol. The minimum atomic E-state index is -4.95. The van der Waals surface area contributed by atoms with Crippen molar-refractivity contribution in [1.29, 1.82) is 0 Å². The zero-order valence-electron chi connectivity index (χ0n) is 60.0. The van der Waals surface area contributed by atoms with Crippen LogP contribution in [0, 0.1) is 17.8 Å². The zero-order valence-corrected chi connectivity index (χ0v) is 61.8. The molecule has 0 amide bonds. The number of hydrogen-bond acceptors (Lipinski definition) is 15. The zero-order chi connectivity index (χ0) is 68.0. The normalized spacial score (nSPS) is 14.4. The quantitative estimate of drug-likeness (QED) is 0.0222. The minimum Gasteiger partial charge on any atom is -0.462 e. The Morgan fingerprint density at radius 2 is 0.554 bits per heavy atom. The summed E-state index contributed by atoms with van der Waals surface area (Å²) in [6, 6.07) is 0. The molecule has 0 bridgehead atoms. The summed E-state index contributed by atoms with van der Waals surface area (Å²) in [5.41, 5.74) is 0. The number of unbranched alkanes of at least 4 members (excludes halogenated alkanes) is 38. The van der Waals surface area contributed by atoms with Crippen LogP contribution in [0.4, 0.5) is 0 Å². The van der Waals surface area contributed by atoms with Crippen molar-refractivity contribution < 1.29 is 80.2 Å². The second-order valence-corrected chi connectivity index (χ2v) is 30.4. The lowest BCUT2D eigenvalue weighted by Gasteiger charge is -2.21. The van der Waals surface area contributed by atoms with Crippen LogP contribution in [-0.4, -0.2) is 96.7 Å². The van der Waals surface area contributed by atoms with Gasteiger partial charge in [0.25, 0.3) is 0 Å². The molecule has 0 aliphatic rings. The Kier molecular flexibility index (Phi) is 62.4. The Bertz CT molecular complexity index is 1800. The van der Waals surface area contributed by atoms with Crippen molar-refractivity contribution in [1.82, 2.24) is 0 Å². The molecule has 0 radical (unpaired) electrons. The molecule has 92 heavy (non-hydrogen) atoms. The molecule has 0 aliphatic heterocycles. The van der Waals surface area contributed by atoms with Crippen LogP contribution in [0.2, 0.25) is 0 Å². The number of aliphatic hydroxyl groups excluding tert-OH is 1. The Labute approximate surface area is 562 Å². The SMILES string of the molecule is CCCCCCCCCCCC(=O)OC[C@H](COP(=O)(O)OC[C@H](O)COP(=O)(O)OC[C@@H](COC(=O)CCCCCCCCCCCC(C)C)OC(=O)CCCCCCCCCCCCCCCCCCCCC(C)CC)OC(=O)CCCCCCCCC(C)C. The van der Waals surface area contributed by atoms with Crippen LogP contribution in [0.25, 0.3) is 0 Å². The number of aliphatic hydroxyl groups is 1. The molecule has 17 nitrogen and oxygen atoms in total. The first kappa shape index (κ1) is 90.1. The maximum absolute atomic E-state index is 13.1. The van der Waals surface area contributed by atoms with Gasteiger partial charge in [-0.05, 0) is 43.4 Å². The average molecular weight is 1350 g/mol. The standard InChI is InChI=1S/C73H142O17P2/c1-8-10-11-12-13-25-32-40-47-54-70(75)83-61-69(90-73(78)57-50-43-36-35-38-45-52-65(5)6)63-88-92(81,82)86-59-67(74)58-85-91(79,80)87-62-68(60-84-71(76)55-48-41-33-29-24-26-30-37-44-51-64(3)4)89-72(77)56-49-42-34-28-23-21-19-17-15-14-16-18-20-22-27-31-39-46-53-66(7)9-2/h64-69,74H,8-63H2,1-7H3,(H,79,80)(H,81,82)/t66?,67-,68-,69-/m1/s1. The number of ether oxygens (including phenoxy) is 4. The second kappa shape index (κ2) is 63.8. The van der Waals surface area contributed by atoms with Crippen LogP contribution in [-0.2, 0) is 65.4 Å². The number of carbonyl (C=O) groups is 4. The van der Waals surface area contributed by atoms with Gasteiger partial charge in [-0.3, -0.25) is 37.3 Å². The van der Waals surface area contributed by atoms with Gasteiger partial charge in [0.1, 0.15) is 19.3 Å². The van der Waals surface area contributed by atoms with E-state index in [1.54, 1.807) is 0 Å². The predicted octanol–water partition coefficient (Wildman–Crippen LogP) is 21.0. The van der Waals surface area contributed by atoms with Crippen molar-refractivity contribution in [2.24, 2.45) is 17.8 Å². The van der Waals surface area contributed by atoms with E-state index in [0.717, 1.165) is 102 Å². The summed E-state index contributed by atoms with van der Waals surface area (Å²) in [6.45, 7) is 11.8. The Balaban J connectivity index is 5.14. The Morgan fingerprint density at radius 1 is 0.315 bits per heavy atom. The van der Waals surface area contributed by atoms with Gasteiger partial charge in [0.15, 0.2) is 12.2 Å². The van der Waals surface area contributed by atoms with Gasteiger partial charge in [0.05, 0.1) is 26.4 Å². The summed E-state index contributed by atoms with van der Waals surface area (Å²) in [5, 5.41) is 10.6. The first-order chi connectivity index (χ1) is 44.3. The van der Waals surface area contributed by atoms with Crippen molar-refractivity contribution in [2.45, 2.75) is 388 Å². The lowest BCUT2D eigenvalue weighted by Crippen LogP contribution is -2.30. The van der Waals surface area contributed by atoms with Gasteiger partial charge < -0.3 is 33.8 Å². The molecule has 0 heterocycles. The molecule has 19 heteroatoms. The van der Waals surface area contributed by atoms with Crippen molar-refractivity contribution in [3.63, 3.8) is 0 Å². The molecule has 0 aliphatic carbocycles. The lowest BCUT2D eigenvalue weighted by atomic mass is 9.99. The fraction of sp³-hybridized carbons (Fsp3) is 0.945. The van der Waals surface area contributed by atoms with Gasteiger partial charge in [-0.1, -0.05) is 318 Å². The summed E-state index contributed by atoms with van der Waals surface area (Å²) in [7, 11) is -9.90. The van der Waals surface area contributed by atoms with Crippen LogP contribution < -0.4 is 0 Å². The topological polar surface area (TPSA) is 237 Å². The molecule has 3 N–H and O–H groups in total. The highest BCUT2D eigenvalue weighted by Gasteiger charge is 2.30. The maximum Gasteiger partial charge on any atom is 0.472 e. The molecule has 546 valence electrons. The number of rotatable bonds is 71. The minimum absolute atomic E-state index is 0.102. The third-order valence-electron chi connectivity index (χ3n) is 17.2. The van der Waals surface area contributed by atoms with Gasteiger partial charge in [0.2, 0.25) is 0 Å². The van der Waals surface area contributed by atoms with E-state index in [9.17, 15) is 43.2 Å². The van der Waals surface area contributed by atoms with Gasteiger partial charge in [-0.25, -0.2) is 9.13 Å². The highest BCUT2D eigenvalue weighted by Crippen LogP contribution is 2.45. The highest BCUT2D eigenvalue weighted by molar-refractivity contribution is 7.47. The van der Waals surface area contributed by atoms with Crippen LogP contribution in [0.15, 0.2) is 0 Å². The molecule has 0 saturated heterocycles. The van der Waals surface area contributed by atoms with Gasteiger partial charge >= 0.3 is 39.5 Å². The largest absolute Gasteiger partial charge is 0.472 e. The van der Waals surface area contributed by atoms with E-state index in [-0.39, 0.29) is 25.7 Å². The molecule has 0 saturated carbocycles. The van der Waals surface area contributed by atoms with Gasteiger partial charge in [-0.15, -0.1) is 0 Å². The van der Waals surface area contributed by atoms with Crippen LogP contribution in [0.3, 0.4) is 0 Å². The summed E-state index contributed by atoms with van der Waals surface area (Å²) in [4.78, 5) is 72.5. The maximum atomic E-state index is 13.1. The van der Waals surface area contributed by atoms with E-state index in [2.05, 4.69) is 48.5 Å². The second-order valence-electron chi connectivity index (χ2n) is 27.5. The van der Waals surface area contributed by atoms with E-state index in [1.165, 1.54) is 180 Å². The van der Waals surface area contributed by atoms with Crippen LogP contribution in [0.1, 0.15) is 370 Å². The molecule has 0 aromatic heterocycles. The molecule has 3 unspecified atom stereocenters. The van der Waals surface area contributed by atoms with Crippen molar-refractivity contribution in [2.75, 3.05) is 39.6 Å². The summed E-state index contributed by atoms with van der Waals surface area (Å²) in [6.07, 6.45) is 48.9. The van der Waals surface area contributed by atoms with E-state index in [1.807, 2.05) is 0 Å². The number of carbonyl (C=O) groups excluding carboxylic acids is 4. The Hall–Kier alpha value is -1.94. The van der Waals surface area contributed by atoms with Crippen molar-refractivity contribution >= 4 is 39.5 Å². The summed E-state index contributed by atoms with van der Waals surface area (Å²) >= 11 is 0. The molecule has 0 rings (SSSR count). The number of esters is 4. The van der Waals surface area contributed by atoms with Gasteiger partial charge in [0, 0.05) is 25.7 Å². The van der Waals surface area contributed by atoms with Crippen LogP contribution in [0.5, 0.6) is 0 Å². The fourth-order valence-electron chi connectivity index (χ4n) is 11.0. The predicted molar refractivity (Wildman–Crippen MR) is 372 cm³/mol. The first-order valence-electron chi connectivity index (χ1n) is 37.9. The van der Waals surface area contributed by atoms with E-state index in [4.69, 9.17) is 37.0 Å². The smallest absolute Gasteiger partial charge is 0.462 e. The molecule has 6 atom stereocenters. The fourth-order valence-corrected chi connectivity index (χ4v) is 12.6.